The van der Waals surface area contributed by atoms with E-state index in [1.54, 1.807) is 48.5 Å². The average molecular weight is 474 g/mol. The van der Waals surface area contributed by atoms with Crippen LogP contribution >= 0.6 is 22.9 Å². The van der Waals surface area contributed by atoms with Crippen LogP contribution in [0, 0.1) is 0 Å². The summed E-state index contributed by atoms with van der Waals surface area (Å²) in [5.41, 5.74) is 1.28. The van der Waals surface area contributed by atoms with Gasteiger partial charge in [-0.2, -0.15) is 0 Å². The number of nitrogens with zero attached hydrogens (tertiary/aromatic N) is 1. The lowest BCUT2D eigenvalue weighted by atomic mass is 10.2. The Bertz CT molecular complexity index is 1370. The van der Waals surface area contributed by atoms with Gasteiger partial charge in [-0.1, -0.05) is 29.0 Å². The average Bonchev–Trinajstić information content (AvgIpc) is 3.15. The number of amides is 1. The Kier molecular flexibility index (Phi) is 5.81. The summed E-state index contributed by atoms with van der Waals surface area (Å²) in [6, 6.07) is 17.5. The van der Waals surface area contributed by atoms with E-state index in [2.05, 4.69) is 15.0 Å². The number of sulfonamides is 1. The van der Waals surface area contributed by atoms with Gasteiger partial charge in [0.1, 0.15) is 5.75 Å². The number of thiazole rings is 1. The second-order valence-electron chi connectivity index (χ2n) is 6.45. The Morgan fingerprint density at radius 1 is 1.06 bits per heavy atom. The molecule has 0 saturated heterocycles. The first-order valence-electron chi connectivity index (χ1n) is 8.98. The molecule has 0 aliphatic rings. The number of nitrogens with one attached hydrogen (secondary N) is 2. The van der Waals surface area contributed by atoms with Crippen LogP contribution in [0.15, 0.2) is 71.6 Å². The normalized spacial score (nSPS) is 11.3. The first-order valence-corrected chi connectivity index (χ1v) is 11.7. The Morgan fingerprint density at radius 3 is 2.58 bits per heavy atom. The largest absolute Gasteiger partial charge is 0.497 e. The number of methoxy groups -OCH3 is 1. The van der Waals surface area contributed by atoms with Crippen molar-refractivity contribution in [1.82, 2.24) is 4.98 Å². The predicted molar refractivity (Wildman–Crippen MR) is 123 cm³/mol. The SMILES string of the molecule is COc1ccc(S(=O)(=O)Nc2cccc(C(=O)Nc3nc4ccc(Cl)cc4s3)c2)cc1. The van der Waals surface area contributed by atoms with Gasteiger partial charge in [-0.3, -0.25) is 14.8 Å². The van der Waals surface area contributed by atoms with Gasteiger partial charge in [0.05, 0.1) is 22.2 Å². The van der Waals surface area contributed by atoms with Gasteiger partial charge >= 0.3 is 0 Å². The second kappa shape index (κ2) is 8.54. The number of carbonyl (C=O) groups excluding carboxylic acids is 1. The third-order valence-corrected chi connectivity index (χ3v) is 6.88. The summed E-state index contributed by atoms with van der Waals surface area (Å²) in [6.45, 7) is 0. The maximum atomic E-state index is 12.7. The molecule has 2 N–H and O–H groups in total. The molecular formula is C21H16ClN3O4S2. The third-order valence-electron chi connectivity index (χ3n) is 4.32. The topological polar surface area (TPSA) is 97.4 Å². The molecule has 1 heterocycles. The van der Waals surface area contributed by atoms with Gasteiger partial charge in [-0.05, 0) is 60.7 Å². The molecule has 7 nitrogen and oxygen atoms in total. The molecule has 0 spiro atoms. The van der Waals surface area contributed by atoms with Crippen molar-refractivity contribution in [2.45, 2.75) is 4.90 Å². The molecule has 0 radical (unpaired) electrons. The van der Waals surface area contributed by atoms with Crippen molar-refractivity contribution in [2.24, 2.45) is 0 Å². The lowest BCUT2D eigenvalue weighted by Crippen LogP contribution is -2.15. The molecule has 0 unspecified atom stereocenters. The minimum atomic E-state index is -3.82. The van der Waals surface area contributed by atoms with Crippen LogP contribution in [-0.2, 0) is 10.0 Å². The molecule has 1 aromatic heterocycles. The number of ether oxygens (including phenoxy) is 1. The molecule has 0 fully saturated rings. The number of rotatable bonds is 6. The molecule has 3 aromatic carbocycles. The number of fused-ring (bicyclic) bond motifs is 1. The van der Waals surface area contributed by atoms with Gasteiger partial charge in [-0.25, -0.2) is 13.4 Å². The molecule has 0 bridgehead atoms. The Labute approximate surface area is 187 Å². The lowest BCUT2D eigenvalue weighted by Gasteiger charge is -2.10. The number of benzene rings is 3. The summed E-state index contributed by atoms with van der Waals surface area (Å²) in [5.74, 6) is 0.144. The highest BCUT2D eigenvalue weighted by Gasteiger charge is 2.16. The van der Waals surface area contributed by atoms with E-state index >= 15 is 0 Å². The number of hydrogen-bond donors (Lipinski definition) is 2. The van der Waals surface area contributed by atoms with Gasteiger partial charge in [0, 0.05) is 16.3 Å². The first kappa shape index (κ1) is 21.1. The number of carbonyl (C=O) groups is 1. The number of anilines is 2. The van der Waals surface area contributed by atoms with Gasteiger partial charge in [0.15, 0.2) is 5.13 Å². The molecule has 0 saturated carbocycles. The summed E-state index contributed by atoms with van der Waals surface area (Å²) in [5, 5.41) is 3.75. The van der Waals surface area contributed by atoms with E-state index in [0.29, 0.717) is 15.9 Å². The standard InChI is InChI=1S/C21H16ClN3O4S2/c1-29-16-6-8-17(9-7-16)31(27,28)25-15-4-2-3-13(11-15)20(26)24-21-23-18-10-5-14(22)12-19(18)30-21/h2-12,25H,1H3,(H,23,24,26). The van der Waals surface area contributed by atoms with Gasteiger partial charge in [0.25, 0.3) is 15.9 Å². The van der Waals surface area contributed by atoms with Crippen molar-refractivity contribution in [3.8, 4) is 5.75 Å². The summed E-state index contributed by atoms with van der Waals surface area (Å²) in [7, 11) is -2.32. The molecule has 10 heteroatoms. The summed E-state index contributed by atoms with van der Waals surface area (Å²) >= 11 is 7.29. The molecule has 4 rings (SSSR count). The zero-order valence-electron chi connectivity index (χ0n) is 16.1. The van der Waals surface area contributed by atoms with Crippen molar-refractivity contribution >= 4 is 59.9 Å². The highest BCUT2D eigenvalue weighted by molar-refractivity contribution is 7.92. The third kappa shape index (κ3) is 4.79. The smallest absolute Gasteiger partial charge is 0.261 e. The number of aromatic nitrogens is 1. The van der Waals surface area contributed by atoms with Crippen LogP contribution in [-0.4, -0.2) is 26.4 Å². The molecule has 1 amide bonds. The molecule has 31 heavy (non-hydrogen) atoms. The van der Waals surface area contributed by atoms with Crippen molar-refractivity contribution in [3.05, 3.63) is 77.3 Å². The molecule has 0 aliphatic carbocycles. The molecule has 0 atom stereocenters. The molecule has 0 aliphatic heterocycles. The minimum Gasteiger partial charge on any atom is -0.497 e. The van der Waals surface area contributed by atoms with Crippen molar-refractivity contribution < 1.29 is 17.9 Å². The zero-order valence-corrected chi connectivity index (χ0v) is 18.5. The number of halogens is 1. The van der Waals surface area contributed by atoms with Gasteiger partial charge in [-0.15, -0.1) is 0 Å². The maximum absolute atomic E-state index is 12.7. The van der Waals surface area contributed by atoms with Crippen molar-refractivity contribution in [3.63, 3.8) is 0 Å². The molecule has 4 aromatic rings. The van der Waals surface area contributed by atoms with E-state index < -0.39 is 15.9 Å². The van der Waals surface area contributed by atoms with E-state index in [4.69, 9.17) is 16.3 Å². The summed E-state index contributed by atoms with van der Waals surface area (Å²) < 4.78 is 33.6. The number of hydrogen-bond acceptors (Lipinski definition) is 6. The van der Waals surface area contributed by atoms with Crippen molar-refractivity contribution in [1.29, 1.82) is 0 Å². The monoisotopic (exact) mass is 473 g/mol. The Balaban J connectivity index is 1.52. The Hall–Kier alpha value is -3.14. The highest BCUT2D eigenvalue weighted by atomic mass is 35.5. The lowest BCUT2D eigenvalue weighted by molar-refractivity contribution is 0.102. The van der Waals surface area contributed by atoms with E-state index in [1.165, 1.54) is 36.6 Å². The van der Waals surface area contributed by atoms with Crippen LogP contribution in [0.3, 0.4) is 0 Å². The molecule has 158 valence electrons. The van der Waals surface area contributed by atoms with Gasteiger partial charge in [0.2, 0.25) is 0 Å². The van der Waals surface area contributed by atoms with Gasteiger partial charge < -0.3 is 4.74 Å². The van der Waals surface area contributed by atoms with Crippen LogP contribution in [0.2, 0.25) is 5.02 Å². The van der Waals surface area contributed by atoms with Crippen LogP contribution < -0.4 is 14.8 Å². The van der Waals surface area contributed by atoms with E-state index in [-0.39, 0.29) is 16.1 Å². The predicted octanol–water partition coefficient (Wildman–Crippen LogP) is 5.01. The first-order chi connectivity index (χ1) is 14.8. The summed E-state index contributed by atoms with van der Waals surface area (Å²) in [6.07, 6.45) is 0. The van der Waals surface area contributed by atoms with Crippen molar-refractivity contribution in [2.75, 3.05) is 17.1 Å². The van der Waals surface area contributed by atoms with Crippen LogP contribution in [0.25, 0.3) is 10.2 Å². The second-order valence-corrected chi connectivity index (χ2v) is 9.60. The fraction of sp³-hybridized carbons (Fsp3) is 0.0476. The zero-order chi connectivity index (χ0) is 22.0. The maximum Gasteiger partial charge on any atom is 0.261 e. The fourth-order valence-corrected chi connectivity index (χ4v) is 5.00. The highest BCUT2D eigenvalue weighted by Crippen LogP contribution is 2.29. The van der Waals surface area contributed by atoms with E-state index in [1.807, 2.05) is 0 Å². The minimum absolute atomic E-state index is 0.0799. The van der Waals surface area contributed by atoms with Crippen LogP contribution in [0.4, 0.5) is 10.8 Å². The van der Waals surface area contributed by atoms with Crippen LogP contribution in [0.1, 0.15) is 10.4 Å². The quantitative estimate of drug-likeness (QED) is 0.410. The molecular weight excluding hydrogens is 458 g/mol. The fourth-order valence-electron chi connectivity index (χ4n) is 2.81. The van der Waals surface area contributed by atoms with Crippen LogP contribution in [0.5, 0.6) is 5.75 Å². The summed E-state index contributed by atoms with van der Waals surface area (Å²) in [4.78, 5) is 17.1. The van der Waals surface area contributed by atoms with E-state index in [0.717, 1.165) is 10.2 Å². The van der Waals surface area contributed by atoms with E-state index in [9.17, 15) is 13.2 Å². The Morgan fingerprint density at radius 2 is 1.84 bits per heavy atom.